The van der Waals surface area contributed by atoms with Crippen LogP contribution in [-0.4, -0.2) is 83.8 Å². The Balaban J connectivity index is 1.52. The maximum absolute atomic E-state index is 12.7. The van der Waals surface area contributed by atoms with Crippen LogP contribution in [-0.2, 0) is 11.8 Å². The van der Waals surface area contributed by atoms with E-state index in [-0.39, 0.29) is 5.91 Å². The number of carbonyl (C=O) groups is 1. The molecule has 8 nitrogen and oxygen atoms in total. The Bertz CT molecular complexity index is 663. The number of likely N-dealkylation sites (tertiary alicyclic amines) is 1. The van der Waals surface area contributed by atoms with Gasteiger partial charge in [0.15, 0.2) is 5.96 Å². The second-order valence-electron chi connectivity index (χ2n) is 7.74. The molecule has 0 bridgehead atoms. The van der Waals surface area contributed by atoms with Gasteiger partial charge < -0.3 is 20.0 Å². The lowest BCUT2D eigenvalue weighted by atomic mass is 9.94. The van der Waals surface area contributed by atoms with E-state index in [4.69, 9.17) is 4.99 Å². The molecule has 2 saturated heterocycles. The predicted molar refractivity (Wildman–Crippen MR) is 113 cm³/mol. The van der Waals surface area contributed by atoms with Gasteiger partial charge in [-0.15, -0.1) is 0 Å². The zero-order chi connectivity index (χ0) is 19.9. The monoisotopic (exact) mass is 389 g/mol. The van der Waals surface area contributed by atoms with Gasteiger partial charge in [-0.3, -0.25) is 14.5 Å². The molecule has 0 unspecified atom stereocenters. The maximum Gasteiger partial charge on any atom is 0.246 e. The van der Waals surface area contributed by atoms with Crippen LogP contribution in [0.3, 0.4) is 0 Å². The number of piperazine rings is 1. The summed E-state index contributed by atoms with van der Waals surface area (Å²) in [6, 6.07) is 0. The molecule has 0 aromatic carbocycles. The summed E-state index contributed by atoms with van der Waals surface area (Å²) in [6.07, 6.45) is 7.33. The van der Waals surface area contributed by atoms with E-state index in [2.05, 4.69) is 34.1 Å². The molecule has 0 aliphatic carbocycles. The lowest BCUT2D eigenvalue weighted by Crippen LogP contribution is -2.55. The maximum atomic E-state index is 12.7. The summed E-state index contributed by atoms with van der Waals surface area (Å²) in [7, 11) is 1.87. The van der Waals surface area contributed by atoms with Crippen LogP contribution in [0.25, 0.3) is 0 Å². The molecule has 0 saturated carbocycles. The third-order valence-electron chi connectivity index (χ3n) is 5.81. The average molecular weight is 390 g/mol. The number of nitrogens with one attached hydrogen (secondary N) is 1. The fourth-order valence-electron chi connectivity index (χ4n) is 4.04. The molecular formula is C20H35N7O. The van der Waals surface area contributed by atoms with E-state index >= 15 is 0 Å². The van der Waals surface area contributed by atoms with Gasteiger partial charge in [0.2, 0.25) is 5.91 Å². The highest BCUT2D eigenvalue weighted by Crippen LogP contribution is 2.20. The first kappa shape index (κ1) is 20.6. The van der Waals surface area contributed by atoms with Crippen LogP contribution >= 0.6 is 0 Å². The molecular weight excluding hydrogens is 354 g/mol. The molecule has 28 heavy (non-hydrogen) atoms. The predicted octanol–water partition coefficient (Wildman–Crippen LogP) is 1.16. The standard InChI is InChI=1S/C20H35N7O/c1-4-21-20(22-9-6-17-7-10-25(5-2)11-8-17)26-12-13-27(19(28)16-26)18-14-23-24(3)15-18/h14-15,17H,4-13,16H2,1-3H3,(H,21,22). The molecule has 3 heterocycles. The first-order chi connectivity index (χ1) is 13.6. The number of piperidine rings is 1. The second-order valence-corrected chi connectivity index (χ2v) is 7.74. The largest absolute Gasteiger partial charge is 0.357 e. The van der Waals surface area contributed by atoms with Crippen molar-refractivity contribution in [3.05, 3.63) is 12.4 Å². The van der Waals surface area contributed by atoms with E-state index in [9.17, 15) is 4.79 Å². The van der Waals surface area contributed by atoms with Crippen molar-refractivity contribution in [3.63, 3.8) is 0 Å². The van der Waals surface area contributed by atoms with Crippen LogP contribution in [0.1, 0.15) is 33.1 Å². The van der Waals surface area contributed by atoms with Gasteiger partial charge in [0.1, 0.15) is 6.54 Å². The molecule has 0 spiro atoms. The molecule has 1 aromatic heterocycles. The summed E-state index contributed by atoms with van der Waals surface area (Å²) >= 11 is 0. The minimum Gasteiger partial charge on any atom is -0.357 e. The van der Waals surface area contributed by atoms with Crippen LogP contribution in [0.2, 0.25) is 0 Å². The van der Waals surface area contributed by atoms with E-state index in [1.165, 1.54) is 25.9 Å². The molecule has 1 N–H and O–H groups in total. The van der Waals surface area contributed by atoms with E-state index in [1.54, 1.807) is 10.9 Å². The quantitative estimate of drug-likeness (QED) is 0.584. The van der Waals surface area contributed by atoms with Crippen molar-refractivity contribution < 1.29 is 4.79 Å². The lowest BCUT2D eigenvalue weighted by molar-refractivity contribution is -0.120. The number of aryl methyl sites for hydroxylation is 1. The third kappa shape index (κ3) is 5.25. The molecule has 3 rings (SSSR count). The van der Waals surface area contributed by atoms with E-state index < -0.39 is 0 Å². The van der Waals surface area contributed by atoms with Crippen LogP contribution in [0, 0.1) is 5.92 Å². The van der Waals surface area contributed by atoms with Gasteiger partial charge in [0.25, 0.3) is 0 Å². The Morgan fingerprint density at radius 3 is 2.64 bits per heavy atom. The fourth-order valence-corrected chi connectivity index (χ4v) is 4.04. The van der Waals surface area contributed by atoms with Crippen LogP contribution in [0.4, 0.5) is 5.69 Å². The van der Waals surface area contributed by atoms with Gasteiger partial charge in [-0.05, 0) is 51.7 Å². The Labute approximate surface area is 168 Å². The number of anilines is 1. The van der Waals surface area contributed by atoms with Crippen molar-refractivity contribution in [1.82, 2.24) is 24.9 Å². The van der Waals surface area contributed by atoms with Gasteiger partial charge in [0.05, 0.1) is 11.9 Å². The molecule has 1 amide bonds. The Morgan fingerprint density at radius 2 is 2.04 bits per heavy atom. The summed E-state index contributed by atoms with van der Waals surface area (Å²) < 4.78 is 1.73. The number of hydrogen-bond acceptors (Lipinski definition) is 4. The van der Waals surface area contributed by atoms with E-state index in [0.717, 1.165) is 50.2 Å². The number of aliphatic imine (C=N–C) groups is 1. The average Bonchev–Trinajstić information content (AvgIpc) is 3.13. The molecule has 0 radical (unpaired) electrons. The molecule has 8 heteroatoms. The number of hydrogen-bond donors (Lipinski definition) is 1. The highest BCUT2D eigenvalue weighted by Gasteiger charge is 2.27. The van der Waals surface area contributed by atoms with Crippen molar-refractivity contribution in [2.24, 2.45) is 18.0 Å². The van der Waals surface area contributed by atoms with Crippen molar-refractivity contribution in [2.75, 3.05) is 57.3 Å². The Kier molecular flexibility index (Phi) is 7.30. The van der Waals surface area contributed by atoms with Crippen molar-refractivity contribution >= 4 is 17.6 Å². The molecule has 156 valence electrons. The molecule has 1 aromatic rings. The highest BCUT2D eigenvalue weighted by atomic mass is 16.2. The SMILES string of the molecule is CCNC(=NCCC1CCN(CC)CC1)N1CCN(c2cnn(C)c2)C(=O)C1. The lowest BCUT2D eigenvalue weighted by Gasteiger charge is -2.35. The Morgan fingerprint density at radius 1 is 1.25 bits per heavy atom. The van der Waals surface area contributed by atoms with Gasteiger partial charge in [-0.2, -0.15) is 5.10 Å². The van der Waals surface area contributed by atoms with Crippen LogP contribution < -0.4 is 10.2 Å². The number of guanidine groups is 1. The second kappa shape index (κ2) is 9.91. The molecule has 2 fully saturated rings. The van der Waals surface area contributed by atoms with Gasteiger partial charge in [-0.1, -0.05) is 6.92 Å². The molecule has 2 aliphatic rings. The third-order valence-corrected chi connectivity index (χ3v) is 5.81. The topological polar surface area (TPSA) is 69.0 Å². The summed E-state index contributed by atoms with van der Waals surface area (Å²) in [5, 5.41) is 7.54. The van der Waals surface area contributed by atoms with Crippen molar-refractivity contribution in [2.45, 2.75) is 33.1 Å². The number of carbonyl (C=O) groups excluding carboxylic acids is 1. The first-order valence-electron chi connectivity index (χ1n) is 10.6. The highest BCUT2D eigenvalue weighted by molar-refractivity contribution is 5.98. The smallest absolute Gasteiger partial charge is 0.246 e. The normalized spacial score (nSPS) is 20.1. The summed E-state index contributed by atoms with van der Waals surface area (Å²) in [4.78, 5) is 23.9. The number of rotatable bonds is 6. The number of nitrogens with zero attached hydrogens (tertiary/aromatic N) is 6. The van der Waals surface area contributed by atoms with Gasteiger partial charge in [-0.25, -0.2) is 0 Å². The zero-order valence-corrected chi connectivity index (χ0v) is 17.6. The summed E-state index contributed by atoms with van der Waals surface area (Å²) in [6.45, 7) is 11.3. The van der Waals surface area contributed by atoms with Crippen molar-refractivity contribution in [1.29, 1.82) is 0 Å². The van der Waals surface area contributed by atoms with Gasteiger partial charge >= 0.3 is 0 Å². The zero-order valence-electron chi connectivity index (χ0n) is 17.6. The minimum atomic E-state index is 0.0943. The van der Waals surface area contributed by atoms with Crippen LogP contribution in [0.15, 0.2) is 17.4 Å². The fraction of sp³-hybridized carbons (Fsp3) is 0.750. The summed E-state index contributed by atoms with van der Waals surface area (Å²) in [5.41, 5.74) is 0.868. The minimum absolute atomic E-state index is 0.0943. The summed E-state index contributed by atoms with van der Waals surface area (Å²) in [5.74, 6) is 1.74. The first-order valence-corrected chi connectivity index (χ1v) is 10.6. The van der Waals surface area contributed by atoms with E-state index in [0.29, 0.717) is 13.1 Å². The molecule has 2 aliphatic heterocycles. The van der Waals surface area contributed by atoms with Crippen LogP contribution in [0.5, 0.6) is 0 Å². The molecule has 0 atom stereocenters. The number of amides is 1. The van der Waals surface area contributed by atoms with Gasteiger partial charge in [0, 0.05) is 39.4 Å². The van der Waals surface area contributed by atoms with Crippen molar-refractivity contribution in [3.8, 4) is 0 Å². The number of aromatic nitrogens is 2. The van der Waals surface area contributed by atoms with E-state index in [1.807, 2.05) is 18.1 Å². The Hall–Kier alpha value is -2.09.